The molecule has 0 aliphatic heterocycles. The number of fused-ring (bicyclic) bond motifs is 4. The van der Waals surface area contributed by atoms with E-state index in [-0.39, 0.29) is 12.4 Å². The van der Waals surface area contributed by atoms with E-state index in [1.807, 2.05) is 28.9 Å². The molecule has 266 valence electrons. The van der Waals surface area contributed by atoms with Gasteiger partial charge >= 0.3 is 0 Å². The Morgan fingerprint density at radius 3 is 2.10 bits per heavy atom. The number of aryl methyl sites for hydroxylation is 6. The van der Waals surface area contributed by atoms with Crippen LogP contribution in [0, 0.1) is 20.8 Å². The summed E-state index contributed by atoms with van der Waals surface area (Å²) in [6, 6.07) is 13.0. The highest BCUT2D eigenvalue weighted by molar-refractivity contribution is 5.85. The number of nitrogens with zero attached hydrogens (tertiary/aromatic N) is 7. The standard InChI is InChI=1S/C24H30N4O.C17H17N3O.ClH/c1-5-27(17-8-6-9-17)24-20-10-7-11-21(20)25-23-22(16(3)26-28(23)24)19-13-12-18(29-4)14-15(19)2;1-11-8-13(21-2)6-7-14(11)15-9-18-20-10-12-4-3-5-16(12)19-17(15)20;/h12-14,17H,5-11H2,1-4H3;6-10H,3-5H2,1-2H3;1H. The zero-order chi connectivity index (χ0) is 34.5. The van der Waals surface area contributed by atoms with Crippen LogP contribution in [0.3, 0.4) is 0 Å². The molecule has 1 fully saturated rings. The molecule has 0 atom stereocenters. The summed E-state index contributed by atoms with van der Waals surface area (Å²) in [5.41, 5.74) is 15.2. The summed E-state index contributed by atoms with van der Waals surface area (Å²) in [5.74, 6) is 3.06. The summed E-state index contributed by atoms with van der Waals surface area (Å²) in [4.78, 5) is 12.6. The molecule has 0 N–H and O–H groups in total. The van der Waals surface area contributed by atoms with Crippen molar-refractivity contribution in [2.45, 2.75) is 91.5 Å². The molecule has 0 spiro atoms. The number of methoxy groups -OCH3 is 2. The van der Waals surface area contributed by atoms with Gasteiger partial charge in [0.05, 0.1) is 26.1 Å². The van der Waals surface area contributed by atoms with Gasteiger partial charge in [0, 0.05) is 46.9 Å². The first-order chi connectivity index (χ1) is 24.4. The van der Waals surface area contributed by atoms with Gasteiger partial charge in [-0.1, -0.05) is 12.1 Å². The van der Waals surface area contributed by atoms with Crippen molar-refractivity contribution in [3.63, 3.8) is 0 Å². The molecule has 9 rings (SSSR count). The van der Waals surface area contributed by atoms with Gasteiger partial charge in [0.2, 0.25) is 0 Å². The van der Waals surface area contributed by atoms with E-state index in [1.54, 1.807) is 14.2 Å². The van der Waals surface area contributed by atoms with Crippen LogP contribution in [0.5, 0.6) is 11.5 Å². The highest BCUT2D eigenvalue weighted by Gasteiger charge is 2.32. The fraction of sp³-hybridized carbons (Fsp3) is 0.415. The first-order valence-electron chi connectivity index (χ1n) is 18.2. The van der Waals surface area contributed by atoms with Crippen molar-refractivity contribution in [1.82, 2.24) is 29.2 Å². The zero-order valence-corrected chi connectivity index (χ0v) is 31.4. The van der Waals surface area contributed by atoms with Crippen LogP contribution in [0.25, 0.3) is 33.5 Å². The lowest BCUT2D eigenvalue weighted by Gasteiger charge is -2.39. The Balaban J connectivity index is 0.000000164. The third-order valence-corrected chi connectivity index (χ3v) is 11.0. The smallest absolute Gasteiger partial charge is 0.165 e. The summed E-state index contributed by atoms with van der Waals surface area (Å²) in [5, 5.41) is 9.52. The molecule has 6 aromatic rings. The fourth-order valence-corrected chi connectivity index (χ4v) is 8.16. The Bertz CT molecular complexity index is 2240. The van der Waals surface area contributed by atoms with E-state index in [4.69, 9.17) is 24.5 Å². The second-order valence-electron chi connectivity index (χ2n) is 14.0. The van der Waals surface area contributed by atoms with Crippen LogP contribution in [0.4, 0.5) is 5.82 Å². The summed E-state index contributed by atoms with van der Waals surface area (Å²) < 4.78 is 14.8. The summed E-state index contributed by atoms with van der Waals surface area (Å²) in [6.45, 7) is 9.64. The van der Waals surface area contributed by atoms with Gasteiger partial charge in [-0.15, -0.1) is 12.4 Å². The lowest BCUT2D eigenvalue weighted by molar-refractivity contribution is 0.386. The number of halogens is 1. The van der Waals surface area contributed by atoms with Crippen molar-refractivity contribution in [3.05, 3.63) is 88.1 Å². The number of aromatic nitrogens is 6. The summed E-state index contributed by atoms with van der Waals surface area (Å²) in [7, 11) is 3.40. The van der Waals surface area contributed by atoms with Crippen molar-refractivity contribution >= 4 is 29.5 Å². The predicted molar refractivity (Wildman–Crippen MR) is 206 cm³/mol. The van der Waals surface area contributed by atoms with Crippen molar-refractivity contribution < 1.29 is 9.47 Å². The quantitative estimate of drug-likeness (QED) is 0.165. The van der Waals surface area contributed by atoms with E-state index in [2.05, 4.69) is 66.6 Å². The summed E-state index contributed by atoms with van der Waals surface area (Å²) in [6.07, 6.45) is 14.7. The van der Waals surface area contributed by atoms with Gasteiger partial charge in [-0.05, 0) is 138 Å². The molecule has 0 saturated heterocycles. The highest BCUT2D eigenvalue weighted by atomic mass is 35.5. The van der Waals surface area contributed by atoms with Crippen LogP contribution in [0.1, 0.15) is 78.4 Å². The Kier molecular flexibility index (Phi) is 9.68. The first kappa shape index (κ1) is 34.8. The van der Waals surface area contributed by atoms with Crippen LogP contribution in [-0.4, -0.2) is 56.0 Å². The SMILES string of the molecule is CCN(c1c2c(nc3c(-c4ccc(OC)cc4C)c(C)nn13)CCC2)C1CCC1.COc1ccc(-c2cnn3cc4c(nc23)CCC4)c(C)c1.Cl. The minimum atomic E-state index is 0. The number of benzene rings is 2. The van der Waals surface area contributed by atoms with E-state index < -0.39 is 0 Å². The zero-order valence-electron chi connectivity index (χ0n) is 30.6. The van der Waals surface area contributed by atoms with Crippen LogP contribution >= 0.6 is 12.4 Å². The van der Waals surface area contributed by atoms with Gasteiger partial charge in [0.25, 0.3) is 0 Å². The second-order valence-corrected chi connectivity index (χ2v) is 14.0. The molecular formula is C41H48ClN7O2. The first-order valence-corrected chi connectivity index (χ1v) is 18.2. The van der Waals surface area contributed by atoms with Gasteiger partial charge in [0.1, 0.15) is 17.3 Å². The van der Waals surface area contributed by atoms with Gasteiger partial charge in [-0.25, -0.2) is 14.5 Å². The molecule has 9 nitrogen and oxygen atoms in total. The largest absolute Gasteiger partial charge is 0.497 e. The van der Waals surface area contributed by atoms with E-state index in [1.165, 1.54) is 77.1 Å². The molecule has 4 heterocycles. The van der Waals surface area contributed by atoms with Crippen molar-refractivity contribution in [2.24, 2.45) is 0 Å². The molecule has 51 heavy (non-hydrogen) atoms. The lowest BCUT2D eigenvalue weighted by Crippen LogP contribution is -2.42. The van der Waals surface area contributed by atoms with Crippen LogP contribution in [0.2, 0.25) is 0 Å². The molecule has 0 amide bonds. The Labute approximate surface area is 306 Å². The minimum Gasteiger partial charge on any atom is -0.497 e. The third kappa shape index (κ3) is 6.09. The Hall–Kier alpha value is -4.63. The number of hydrogen-bond donors (Lipinski definition) is 0. The molecule has 10 heteroatoms. The number of hydrogen-bond acceptors (Lipinski definition) is 7. The monoisotopic (exact) mass is 705 g/mol. The van der Waals surface area contributed by atoms with Crippen LogP contribution in [-0.2, 0) is 25.7 Å². The Morgan fingerprint density at radius 2 is 1.45 bits per heavy atom. The minimum absolute atomic E-state index is 0. The number of rotatable bonds is 7. The van der Waals surface area contributed by atoms with E-state index in [0.717, 1.165) is 77.4 Å². The summed E-state index contributed by atoms with van der Waals surface area (Å²) >= 11 is 0. The van der Waals surface area contributed by atoms with E-state index in [9.17, 15) is 0 Å². The normalized spacial score (nSPS) is 14.8. The average Bonchev–Trinajstić information content (AvgIpc) is 3.91. The van der Waals surface area contributed by atoms with Gasteiger partial charge in [0.15, 0.2) is 11.3 Å². The van der Waals surface area contributed by atoms with E-state index in [0.29, 0.717) is 6.04 Å². The third-order valence-electron chi connectivity index (χ3n) is 11.0. The van der Waals surface area contributed by atoms with Crippen molar-refractivity contribution in [2.75, 3.05) is 25.7 Å². The molecule has 3 aliphatic rings. The molecule has 4 aromatic heterocycles. The molecule has 0 bridgehead atoms. The van der Waals surface area contributed by atoms with Gasteiger partial charge < -0.3 is 14.4 Å². The molecule has 0 radical (unpaired) electrons. The maximum absolute atomic E-state index is 5.41. The predicted octanol–water partition coefficient (Wildman–Crippen LogP) is 8.51. The topological polar surface area (TPSA) is 82.1 Å². The number of ether oxygens (including phenoxy) is 2. The van der Waals surface area contributed by atoms with Crippen LogP contribution < -0.4 is 14.4 Å². The fourth-order valence-electron chi connectivity index (χ4n) is 8.16. The molecule has 3 aliphatic carbocycles. The maximum Gasteiger partial charge on any atom is 0.165 e. The van der Waals surface area contributed by atoms with Gasteiger partial charge in [-0.3, -0.25) is 0 Å². The Morgan fingerprint density at radius 1 is 0.784 bits per heavy atom. The molecular weight excluding hydrogens is 658 g/mol. The lowest BCUT2D eigenvalue weighted by atomic mass is 9.91. The maximum atomic E-state index is 5.41. The molecule has 2 aromatic carbocycles. The van der Waals surface area contributed by atoms with E-state index >= 15 is 0 Å². The van der Waals surface area contributed by atoms with Crippen LogP contribution in [0.15, 0.2) is 48.8 Å². The van der Waals surface area contributed by atoms with Gasteiger partial charge in [-0.2, -0.15) is 14.7 Å². The highest BCUT2D eigenvalue weighted by Crippen LogP contribution is 2.40. The number of anilines is 1. The van der Waals surface area contributed by atoms with Crippen molar-refractivity contribution in [1.29, 1.82) is 0 Å². The average molecular weight is 706 g/mol. The van der Waals surface area contributed by atoms with Crippen molar-refractivity contribution in [3.8, 4) is 33.8 Å². The molecule has 0 unspecified atom stereocenters. The molecule has 1 saturated carbocycles. The second kappa shape index (κ2) is 14.2.